The van der Waals surface area contributed by atoms with Gasteiger partial charge in [-0.05, 0) is 19.9 Å². The molecule has 0 fully saturated rings. The second-order valence-electron chi connectivity index (χ2n) is 3.62. The molecule has 16 heavy (non-hydrogen) atoms. The van der Waals surface area contributed by atoms with E-state index in [4.69, 9.17) is 5.73 Å². The molecule has 0 bridgehead atoms. The highest BCUT2D eigenvalue weighted by Gasteiger charge is 2.09. The number of nitrogens with zero attached hydrogens (tertiary/aromatic N) is 2. The van der Waals surface area contributed by atoms with Crippen LogP contribution in [0.3, 0.4) is 0 Å². The summed E-state index contributed by atoms with van der Waals surface area (Å²) in [6.45, 7) is 3.86. The van der Waals surface area contributed by atoms with E-state index in [9.17, 15) is 0 Å². The quantitative estimate of drug-likeness (QED) is 0.872. The van der Waals surface area contributed by atoms with E-state index in [1.165, 1.54) is 0 Å². The van der Waals surface area contributed by atoms with Crippen LogP contribution in [0.5, 0.6) is 0 Å². The van der Waals surface area contributed by atoms with Crippen LogP contribution in [-0.4, -0.2) is 9.97 Å². The monoisotopic (exact) mass is 277 g/mol. The average molecular weight is 278 g/mol. The second kappa shape index (κ2) is 4.22. The number of anilines is 1. The summed E-state index contributed by atoms with van der Waals surface area (Å²) in [6.07, 6.45) is 0. The molecule has 1 aromatic heterocycles. The molecule has 3 nitrogen and oxygen atoms in total. The molecule has 1 heterocycles. The van der Waals surface area contributed by atoms with Crippen molar-refractivity contribution in [2.24, 2.45) is 0 Å². The third-order valence-corrected chi connectivity index (χ3v) is 3.23. The molecule has 0 atom stereocenters. The molecule has 0 radical (unpaired) electrons. The molecule has 0 saturated heterocycles. The molecular formula is C12H12BrN3. The molecule has 1 aromatic carbocycles. The van der Waals surface area contributed by atoms with Gasteiger partial charge in [-0.2, -0.15) is 0 Å². The summed E-state index contributed by atoms with van der Waals surface area (Å²) in [5, 5.41) is 0. The van der Waals surface area contributed by atoms with Crippen molar-refractivity contribution in [3.63, 3.8) is 0 Å². The SMILES string of the molecule is Cc1nc(-c2ccccc2Br)nc(N)c1C. The Morgan fingerprint density at radius 2 is 1.81 bits per heavy atom. The minimum Gasteiger partial charge on any atom is -0.383 e. The average Bonchev–Trinajstić information content (AvgIpc) is 2.26. The summed E-state index contributed by atoms with van der Waals surface area (Å²) in [6, 6.07) is 7.84. The van der Waals surface area contributed by atoms with Crippen LogP contribution in [0.2, 0.25) is 0 Å². The van der Waals surface area contributed by atoms with Gasteiger partial charge in [0.1, 0.15) is 5.82 Å². The molecule has 0 aliphatic heterocycles. The zero-order chi connectivity index (χ0) is 11.7. The molecule has 2 rings (SSSR count). The first-order valence-electron chi connectivity index (χ1n) is 4.95. The van der Waals surface area contributed by atoms with Crippen LogP contribution in [0.25, 0.3) is 11.4 Å². The Balaban J connectivity index is 2.62. The van der Waals surface area contributed by atoms with E-state index in [0.29, 0.717) is 11.6 Å². The van der Waals surface area contributed by atoms with Crippen LogP contribution in [0.4, 0.5) is 5.82 Å². The second-order valence-corrected chi connectivity index (χ2v) is 4.48. The number of rotatable bonds is 1. The van der Waals surface area contributed by atoms with Crippen molar-refractivity contribution >= 4 is 21.7 Å². The van der Waals surface area contributed by atoms with Crippen molar-refractivity contribution in [1.82, 2.24) is 9.97 Å². The summed E-state index contributed by atoms with van der Waals surface area (Å²) in [5.74, 6) is 1.20. The number of hydrogen-bond acceptors (Lipinski definition) is 3. The van der Waals surface area contributed by atoms with Crippen LogP contribution >= 0.6 is 15.9 Å². The van der Waals surface area contributed by atoms with Gasteiger partial charge in [-0.15, -0.1) is 0 Å². The maximum Gasteiger partial charge on any atom is 0.162 e. The van der Waals surface area contributed by atoms with Gasteiger partial charge in [0.15, 0.2) is 5.82 Å². The highest BCUT2D eigenvalue weighted by Crippen LogP contribution is 2.26. The number of halogens is 1. The van der Waals surface area contributed by atoms with E-state index >= 15 is 0 Å². The minimum absolute atomic E-state index is 0.540. The normalized spacial score (nSPS) is 10.4. The Morgan fingerprint density at radius 3 is 2.44 bits per heavy atom. The van der Waals surface area contributed by atoms with Crippen LogP contribution in [0.15, 0.2) is 28.7 Å². The molecule has 2 N–H and O–H groups in total. The predicted molar refractivity (Wildman–Crippen MR) is 69.1 cm³/mol. The molecule has 0 aliphatic rings. The van der Waals surface area contributed by atoms with Crippen molar-refractivity contribution in [2.45, 2.75) is 13.8 Å². The Hall–Kier alpha value is -1.42. The van der Waals surface area contributed by atoms with Crippen molar-refractivity contribution in [3.8, 4) is 11.4 Å². The van der Waals surface area contributed by atoms with Crippen LogP contribution in [-0.2, 0) is 0 Å². The van der Waals surface area contributed by atoms with E-state index in [-0.39, 0.29) is 0 Å². The molecule has 2 aromatic rings. The van der Waals surface area contributed by atoms with Gasteiger partial charge in [0, 0.05) is 21.3 Å². The van der Waals surface area contributed by atoms with Gasteiger partial charge >= 0.3 is 0 Å². The maximum atomic E-state index is 5.84. The summed E-state index contributed by atoms with van der Waals surface area (Å²) in [5.41, 5.74) is 8.65. The van der Waals surface area contributed by atoms with E-state index in [1.807, 2.05) is 38.1 Å². The smallest absolute Gasteiger partial charge is 0.162 e. The first-order valence-corrected chi connectivity index (χ1v) is 5.74. The molecule has 0 spiro atoms. The van der Waals surface area contributed by atoms with Gasteiger partial charge in [-0.3, -0.25) is 0 Å². The van der Waals surface area contributed by atoms with Gasteiger partial charge in [0.2, 0.25) is 0 Å². The van der Waals surface area contributed by atoms with Crippen LogP contribution in [0.1, 0.15) is 11.3 Å². The first kappa shape index (κ1) is 11.1. The standard InChI is InChI=1S/C12H12BrN3/c1-7-8(2)15-12(16-11(7)14)9-5-3-4-6-10(9)13/h3-6H,1-2H3,(H2,14,15,16). The summed E-state index contributed by atoms with van der Waals surface area (Å²) < 4.78 is 0.970. The van der Waals surface area contributed by atoms with Crippen molar-refractivity contribution in [1.29, 1.82) is 0 Å². The van der Waals surface area contributed by atoms with Crippen molar-refractivity contribution in [2.75, 3.05) is 5.73 Å². The van der Waals surface area contributed by atoms with E-state index in [1.54, 1.807) is 0 Å². The number of nitrogen functional groups attached to an aromatic ring is 1. The fraction of sp³-hybridized carbons (Fsp3) is 0.167. The molecule has 0 unspecified atom stereocenters. The number of benzene rings is 1. The molecule has 0 amide bonds. The lowest BCUT2D eigenvalue weighted by molar-refractivity contribution is 1.08. The maximum absolute atomic E-state index is 5.84. The fourth-order valence-electron chi connectivity index (χ4n) is 1.41. The largest absolute Gasteiger partial charge is 0.383 e. The van der Waals surface area contributed by atoms with Gasteiger partial charge in [0.25, 0.3) is 0 Å². The first-order chi connectivity index (χ1) is 7.59. The molecular weight excluding hydrogens is 266 g/mol. The van der Waals surface area contributed by atoms with Crippen molar-refractivity contribution in [3.05, 3.63) is 40.0 Å². The third kappa shape index (κ3) is 1.93. The van der Waals surface area contributed by atoms with E-state index in [0.717, 1.165) is 21.3 Å². The molecule has 0 aliphatic carbocycles. The van der Waals surface area contributed by atoms with Gasteiger partial charge in [0.05, 0.1) is 0 Å². The predicted octanol–water partition coefficient (Wildman–Crippen LogP) is 3.11. The number of aromatic nitrogens is 2. The molecule has 82 valence electrons. The summed E-state index contributed by atoms with van der Waals surface area (Å²) >= 11 is 3.48. The lowest BCUT2D eigenvalue weighted by Gasteiger charge is -2.07. The van der Waals surface area contributed by atoms with Gasteiger partial charge < -0.3 is 5.73 Å². The van der Waals surface area contributed by atoms with Crippen LogP contribution in [0, 0.1) is 13.8 Å². The lowest BCUT2D eigenvalue weighted by atomic mass is 10.2. The fourth-order valence-corrected chi connectivity index (χ4v) is 1.88. The molecule has 0 saturated carbocycles. The number of aryl methyl sites for hydroxylation is 1. The Morgan fingerprint density at radius 1 is 1.12 bits per heavy atom. The van der Waals surface area contributed by atoms with E-state index in [2.05, 4.69) is 25.9 Å². The van der Waals surface area contributed by atoms with Crippen molar-refractivity contribution < 1.29 is 0 Å². The molecule has 4 heteroatoms. The number of nitrogens with two attached hydrogens (primary N) is 1. The Kier molecular flexibility index (Phi) is 2.92. The highest BCUT2D eigenvalue weighted by molar-refractivity contribution is 9.10. The summed E-state index contributed by atoms with van der Waals surface area (Å²) in [4.78, 5) is 8.74. The Bertz CT molecular complexity index is 515. The minimum atomic E-state index is 0.540. The topological polar surface area (TPSA) is 51.8 Å². The zero-order valence-corrected chi connectivity index (χ0v) is 10.7. The lowest BCUT2D eigenvalue weighted by Crippen LogP contribution is -2.02. The van der Waals surface area contributed by atoms with E-state index < -0.39 is 0 Å². The van der Waals surface area contributed by atoms with Gasteiger partial charge in [-0.25, -0.2) is 9.97 Å². The van der Waals surface area contributed by atoms with Gasteiger partial charge in [-0.1, -0.05) is 34.1 Å². The Labute approximate surface area is 103 Å². The number of hydrogen-bond donors (Lipinski definition) is 1. The summed E-state index contributed by atoms with van der Waals surface area (Å²) in [7, 11) is 0. The zero-order valence-electron chi connectivity index (χ0n) is 9.16. The van der Waals surface area contributed by atoms with Crippen LogP contribution < -0.4 is 5.73 Å². The highest BCUT2D eigenvalue weighted by atomic mass is 79.9. The third-order valence-electron chi connectivity index (χ3n) is 2.54.